The number of hydrogen-bond donors (Lipinski definition) is 2. The van der Waals surface area contributed by atoms with Crippen molar-refractivity contribution in [2.24, 2.45) is 0 Å². The molecule has 4 aromatic rings. The number of nitrogens with zero attached hydrogens (tertiary/aromatic N) is 5. The molecule has 1 aliphatic rings. The van der Waals surface area contributed by atoms with E-state index >= 15 is 0 Å². The summed E-state index contributed by atoms with van der Waals surface area (Å²) in [6.07, 6.45) is 10.0. The number of fused-ring (bicyclic) bond motifs is 2. The number of benzene rings is 2. The fraction of sp³-hybridized carbons (Fsp3) is 0.207. The van der Waals surface area contributed by atoms with Crippen LogP contribution in [0.25, 0.3) is 21.8 Å². The molecule has 11 heteroatoms. The molecule has 3 heterocycles. The predicted molar refractivity (Wildman–Crippen MR) is 153 cm³/mol. The molecule has 0 saturated carbocycles. The molecule has 0 radical (unpaired) electrons. The van der Waals surface area contributed by atoms with E-state index in [1.54, 1.807) is 18.2 Å². The van der Waals surface area contributed by atoms with E-state index in [0.29, 0.717) is 47.7 Å². The second kappa shape index (κ2) is 11.7. The first kappa shape index (κ1) is 26.4. The van der Waals surface area contributed by atoms with Gasteiger partial charge in [0.1, 0.15) is 17.9 Å². The van der Waals surface area contributed by atoms with Crippen LogP contribution in [-0.4, -0.2) is 56.5 Å². The fourth-order valence-electron chi connectivity index (χ4n) is 4.65. The molecular weight excluding hydrogens is 510 g/mol. The summed E-state index contributed by atoms with van der Waals surface area (Å²) in [5.74, 6) is 0.670. The Hall–Kier alpha value is -5.19. The van der Waals surface area contributed by atoms with Crippen LogP contribution < -0.4 is 15.4 Å². The molecular formula is C29H29N7O4. The summed E-state index contributed by atoms with van der Waals surface area (Å²) >= 11 is 0. The maximum Gasteiger partial charge on any atom is 0.413 e. The second-order valence-electron chi connectivity index (χ2n) is 9.04. The average Bonchev–Trinajstić information content (AvgIpc) is 3.59. The number of aromatic nitrogens is 4. The average molecular weight is 540 g/mol. The van der Waals surface area contributed by atoms with Crippen LogP contribution in [0.3, 0.4) is 0 Å². The van der Waals surface area contributed by atoms with E-state index in [9.17, 15) is 9.59 Å². The van der Waals surface area contributed by atoms with Gasteiger partial charge in [-0.3, -0.25) is 14.8 Å². The van der Waals surface area contributed by atoms with E-state index in [4.69, 9.17) is 9.47 Å². The van der Waals surface area contributed by atoms with E-state index < -0.39 is 12.3 Å². The monoisotopic (exact) mass is 539 g/mol. The number of ether oxygens (including phenoxy) is 2. The Kier molecular flexibility index (Phi) is 7.72. The lowest BCUT2D eigenvalue weighted by atomic mass is 10.1. The minimum atomic E-state index is -0.705. The summed E-state index contributed by atoms with van der Waals surface area (Å²) < 4.78 is 12.9. The molecule has 2 aromatic heterocycles. The van der Waals surface area contributed by atoms with Gasteiger partial charge in [0.25, 0.3) is 0 Å². The molecule has 1 aliphatic heterocycles. The van der Waals surface area contributed by atoms with Crippen LogP contribution in [0.4, 0.5) is 22.0 Å². The summed E-state index contributed by atoms with van der Waals surface area (Å²) in [6, 6.07) is 9.36. The molecule has 0 spiro atoms. The normalized spacial score (nSPS) is 14.9. The maximum atomic E-state index is 12.8. The third kappa shape index (κ3) is 5.48. The first-order valence-electron chi connectivity index (χ1n) is 12.7. The number of methoxy groups -OCH3 is 1. The van der Waals surface area contributed by atoms with Crippen LogP contribution in [0.2, 0.25) is 0 Å². The van der Waals surface area contributed by atoms with Gasteiger partial charge in [0, 0.05) is 35.5 Å². The molecule has 0 aliphatic carbocycles. The summed E-state index contributed by atoms with van der Waals surface area (Å²) in [6.45, 7) is 8.35. The van der Waals surface area contributed by atoms with Gasteiger partial charge in [-0.05, 0) is 36.8 Å². The lowest BCUT2D eigenvalue weighted by molar-refractivity contribution is -0.132. The van der Waals surface area contributed by atoms with Crippen LogP contribution >= 0.6 is 0 Å². The zero-order valence-electron chi connectivity index (χ0n) is 22.0. The number of nitrogens with one attached hydrogen (secondary N) is 2. The number of amides is 2. The van der Waals surface area contributed by atoms with Crippen molar-refractivity contribution in [1.29, 1.82) is 0 Å². The first-order chi connectivity index (χ1) is 19.5. The molecule has 1 saturated heterocycles. The highest BCUT2D eigenvalue weighted by Crippen LogP contribution is 2.34. The number of anilines is 3. The van der Waals surface area contributed by atoms with Crippen molar-refractivity contribution < 1.29 is 19.1 Å². The Morgan fingerprint density at radius 3 is 2.88 bits per heavy atom. The SMILES string of the molecule is C=CC=CCn1ncc2cc(Nc3ncnc4cc(OC)c(NC(=O)O[C@H]5CCCN5C(=O)C=C)cc34)ccc21. The smallest absolute Gasteiger partial charge is 0.413 e. The Morgan fingerprint density at radius 1 is 1.20 bits per heavy atom. The molecule has 40 heavy (non-hydrogen) atoms. The van der Waals surface area contributed by atoms with Crippen LogP contribution in [0, 0.1) is 0 Å². The number of likely N-dealkylation sites (tertiary alicyclic amines) is 1. The maximum absolute atomic E-state index is 12.8. The molecule has 204 valence electrons. The zero-order chi connectivity index (χ0) is 28.1. The summed E-state index contributed by atoms with van der Waals surface area (Å²) in [5.41, 5.74) is 2.81. The molecule has 2 aromatic carbocycles. The fourth-order valence-corrected chi connectivity index (χ4v) is 4.65. The van der Waals surface area contributed by atoms with Gasteiger partial charge < -0.3 is 19.7 Å². The third-order valence-corrected chi connectivity index (χ3v) is 6.55. The molecule has 1 atom stereocenters. The number of carbonyl (C=O) groups excluding carboxylic acids is 2. The summed E-state index contributed by atoms with van der Waals surface area (Å²) in [7, 11) is 1.50. The van der Waals surface area contributed by atoms with E-state index in [1.165, 1.54) is 24.4 Å². The largest absolute Gasteiger partial charge is 0.494 e. The minimum absolute atomic E-state index is 0.276. The number of hydrogen-bond acceptors (Lipinski definition) is 8. The van der Waals surface area contributed by atoms with Crippen molar-refractivity contribution in [1.82, 2.24) is 24.6 Å². The van der Waals surface area contributed by atoms with Gasteiger partial charge in [0.2, 0.25) is 5.91 Å². The molecule has 1 fully saturated rings. The van der Waals surface area contributed by atoms with Crippen molar-refractivity contribution in [2.75, 3.05) is 24.3 Å². The lowest BCUT2D eigenvalue weighted by Crippen LogP contribution is -2.38. The first-order valence-corrected chi connectivity index (χ1v) is 12.7. The van der Waals surface area contributed by atoms with Crippen LogP contribution in [-0.2, 0) is 16.1 Å². The van der Waals surface area contributed by atoms with E-state index in [0.717, 1.165) is 23.0 Å². The Morgan fingerprint density at radius 2 is 2.08 bits per heavy atom. The molecule has 0 unspecified atom stereocenters. The second-order valence-corrected chi connectivity index (χ2v) is 9.04. The van der Waals surface area contributed by atoms with Gasteiger partial charge in [-0.2, -0.15) is 5.10 Å². The highest BCUT2D eigenvalue weighted by molar-refractivity contribution is 5.98. The van der Waals surface area contributed by atoms with E-state index in [1.807, 2.05) is 41.2 Å². The van der Waals surface area contributed by atoms with Crippen molar-refractivity contribution in [2.45, 2.75) is 25.6 Å². The number of rotatable bonds is 9. The minimum Gasteiger partial charge on any atom is -0.494 e. The van der Waals surface area contributed by atoms with Gasteiger partial charge in [-0.1, -0.05) is 31.4 Å². The third-order valence-electron chi connectivity index (χ3n) is 6.55. The lowest BCUT2D eigenvalue weighted by Gasteiger charge is -2.23. The van der Waals surface area contributed by atoms with Crippen molar-refractivity contribution in [3.8, 4) is 5.75 Å². The Labute approximate surface area is 230 Å². The van der Waals surface area contributed by atoms with Crippen molar-refractivity contribution in [3.05, 3.63) is 80.3 Å². The van der Waals surface area contributed by atoms with Crippen molar-refractivity contribution >= 4 is 51.0 Å². The number of carbonyl (C=O) groups is 2. The van der Waals surface area contributed by atoms with E-state index in [2.05, 4.69) is 38.9 Å². The van der Waals surface area contributed by atoms with Gasteiger partial charge in [-0.15, -0.1) is 0 Å². The molecule has 0 bridgehead atoms. The molecule has 2 amide bonds. The van der Waals surface area contributed by atoms with E-state index in [-0.39, 0.29) is 5.91 Å². The Balaban J connectivity index is 1.38. The molecule has 5 rings (SSSR count). The Bertz CT molecular complexity index is 1630. The summed E-state index contributed by atoms with van der Waals surface area (Å²) in [5, 5.41) is 12.2. The van der Waals surface area contributed by atoms with Gasteiger partial charge in [0.05, 0.1) is 36.6 Å². The van der Waals surface area contributed by atoms with Crippen LogP contribution in [0.5, 0.6) is 5.75 Å². The van der Waals surface area contributed by atoms with Crippen LogP contribution in [0.1, 0.15) is 12.8 Å². The standard InChI is InChI=1S/C29H29N7O4/c1-4-6-7-13-36-24-11-10-20(14-19(24)17-32-36)33-28-21-15-23(25(39-3)16-22(21)30-18-31-28)34-29(38)40-27-9-8-12-35(27)26(37)5-2/h4-7,10-11,14-18,27H,1-2,8-9,12-13H2,3H3,(H,34,38)(H,30,31,33)/t27-/m0/s1. The molecule has 11 nitrogen and oxygen atoms in total. The van der Waals surface area contributed by atoms with Crippen LogP contribution in [0.15, 0.2) is 80.3 Å². The zero-order valence-corrected chi connectivity index (χ0v) is 22.0. The predicted octanol–water partition coefficient (Wildman–Crippen LogP) is 5.16. The highest BCUT2D eigenvalue weighted by atomic mass is 16.6. The summed E-state index contributed by atoms with van der Waals surface area (Å²) in [4.78, 5) is 35.2. The van der Waals surface area contributed by atoms with Gasteiger partial charge in [0.15, 0.2) is 6.23 Å². The quantitative estimate of drug-likeness (QED) is 0.221. The number of allylic oxidation sites excluding steroid dienone is 3. The molecule has 2 N–H and O–H groups in total. The van der Waals surface area contributed by atoms with Gasteiger partial charge >= 0.3 is 6.09 Å². The van der Waals surface area contributed by atoms with Gasteiger partial charge in [-0.25, -0.2) is 14.8 Å². The topological polar surface area (TPSA) is 124 Å². The van der Waals surface area contributed by atoms with Crippen molar-refractivity contribution in [3.63, 3.8) is 0 Å². The highest BCUT2D eigenvalue weighted by Gasteiger charge is 2.30.